The van der Waals surface area contributed by atoms with Gasteiger partial charge >= 0.3 is 91.3 Å². The van der Waals surface area contributed by atoms with E-state index in [0.29, 0.717) is 0 Å². The topological polar surface area (TPSA) is 218 Å². The second-order valence-corrected chi connectivity index (χ2v) is 4.52. The Balaban J connectivity index is -0.0000000533. The molecule has 0 spiro atoms. The van der Waals surface area contributed by atoms with Gasteiger partial charge in [-0.15, -0.1) is 0 Å². The SMILES string of the molecule is O.O.O.[Ca+2].[O]=[Cr](=[O])([O-])[O][Cr](=[O])(=[O])[O-]. The molecule has 0 aromatic heterocycles. The van der Waals surface area contributed by atoms with Crippen molar-refractivity contribution < 1.29 is 70.0 Å². The predicted octanol–water partition coefficient (Wildman–Crippen LogP) is -5.78. The molecule has 0 fully saturated rings. The summed E-state index contributed by atoms with van der Waals surface area (Å²) in [6, 6.07) is 0. The van der Waals surface area contributed by atoms with Gasteiger partial charge < -0.3 is 16.4 Å². The second-order valence-electron chi connectivity index (χ2n) is 0.885. The summed E-state index contributed by atoms with van der Waals surface area (Å²) >= 11 is -12.1. The Bertz CT molecular complexity index is 238. The Kier molecular flexibility index (Phi) is 22.1. The van der Waals surface area contributed by atoms with E-state index in [2.05, 4.69) is 2.84 Å². The third kappa shape index (κ3) is 31.9. The van der Waals surface area contributed by atoms with Gasteiger partial charge in [0.15, 0.2) is 0 Å². The zero-order valence-electron chi connectivity index (χ0n) is 5.88. The van der Waals surface area contributed by atoms with Crippen molar-refractivity contribution in [1.29, 1.82) is 0 Å². The summed E-state index contributed by atoms with van der Waals surface area (Å²) in [6.07, 6.45) is 0. The molecule has 0 aromatic rings. The van der Waals surface area contributed by atoms with Crippen LogP contribution in [0.25, 0.3) is 0 Å². The van der Waals surface area contributed by atoms with Crippen LogP contribution in [0.5, 0.6) is 0 Å². The van der Waals surface area contributed by atoms with Crippen molar-refractivity contribution in [3.8, 4) is 0 Å². The van der Waals surface area contributed by atoms with Crippen LogP contribution < -0.4 is 8.32 Å². The third-order valence-corrected chi connectivity index (χ3v) is 2.83. The molecule has 10 nitrogen and oxygen atoms in total. The summed E-state index contributed by atoms with van der Waals surface area (Å²) < 4.78 is 58.9. The van der Waals surface area contributed by atoms with E-state index in [4.69, 9.17) is 0 Å². The van der Waals surface area contributed by atoms with E-state index in [1.807, 2.05) is 0 Å². The average Bonchev–Trinajstić information content (AvgIpc) is 1.14. The summed E-state index contributed by atoms with van der Waals surface area (Å²) in [5.74, 6) is 0. The molecule has 0 saturated heterocycles. The molecule has 0 amide bonds. The van der Waals surface area contributed by atoms with Gasteiger partial charge in [-0.2, -0.15) is 0 Å². The maximum absolute atomic E-state index is 9.38. The molecule has 13 heavy (non-hydrogen) atoms. The Morgan fingerprint density at radius 1 is 0.769 bits per heavy atom. The predicted molar refractivity (Wildman–Crippen MR) is 20.4 cm³/mol. The van der Waals surface area contributed by atoms with Crippen molar-refractivity contribution in [2.45, 2.75) is 0 Å². The molecule has 0 aliphatic rings. The fraction of sp³-hybridized carbons (Fsp3) is 0. The summed E-state index contributed by atoms with van der Waals surface area (Å²) in [4.78, 5) is 0. The standard InChI is InChI=1S/Ca.2Cr.3H2O.7O/h;;;3*1H2;;;;;;;/q+2;;;;;;;;;;;2*-1. The molecule has 6 N–H and O–H groups in total. The first-order valence-corrected chi connectivity index (χ1v) is 5.50. The van der Waals surface area contributed by atoms with Gasteiger partial charge in [0, 0.05) is 0 Å². The number of rotatable bonds is 2. The third-order valence-electron chi connectivity index (χ3n) is 0.167. The molecule has 0 bridgehead atoms. The fourth-order valence-corrected chi connectivity index (χ4v) is 1.74. The van der Waals surface area contributed by atoms with Crippen LogP contribution in [0, 0.1) is 0 Å². The summed E-state index contributed by atoms with van der Waals surface area (Å²) in [6.45, 7) is 0. The van der Waals surface area contributed by atoms with Crippen LogP contribution in [0.1, 0.15) is 0 Å². The van der Waals surface area contributed by atoms with Crippen LogP contribution in [0.3, 0.4) is 0 Å². The molecule has 0 unspecified atom stereocenters. The fourth-order valence-electron chi connectivity index (χ4n) is 0.102. The second kappa shape index (κ2) is 9.83. The molecule has 13 heteroatoms. The van der Waals surface area contributed by atoms with E-state index >= 15 is 0 Å². The first kappa shape index (κ1) is 29.2. The van der Waals surface area contributed by atoms with E-state index in [1.165, 1.54) is 0 Å². The van der Waals surface area contributed by atoms with Gasteiger partial charge in [-0.3, -0.25) is 0 Å². The Morgan fingerprint density at radius 3 is 0.923 bits per heavy atom. The van der Waals surface area contributed by atoms with E-state index in [1.54, 1.807) is 0 Å². The molecule has 80 valence electrons. The summed E-state index contributed by atoms with van der Waals surface area (Å²) in [7, 11) is 0. The molecule has 0 atom stereocenters. The van der Waals surface area contributed by atoms with Crippen molar-refractivity contribution >= 4 is 37.7 Å². The molecular weight excluding hydrogens is 304 g/mol. The van der Waals surface area contributed by atoms with Crippen molar-refractivity contribution in [3.05, 3.63) is 0 Å². The molecule has 0 saturated carbocycles. The van der Waals surface area contributed by atoms with Gasteiger partial charge in [0.1, 0.15) is 0 Å². The quantitative estimate of drug-likeness (QED) is 0.449. The minimum absolute atomic E-state index is 0. The number of hydrogen-bond acceptors (Lipinski definition) is 7. The van der Waals surface area contributed by atoms with Gasteiger partial charge in [-0.1, -0.05) is 0 Å². The molecule has 0 rings (SSSR count). The van der Waals surface area contributed by atoms with E-state index in [0.717, 1.165) is 0 Å². The van der Waals surface area contributed by atoms with E-state index in [-0.39, 0.29) is 54.2 Å². The van der Waals surface area contributed by atoms with Crippen LogP contribution in [0.4, 0.5) is 0 Å². The first-order chi connectivity index (χ1) is 3.71. The Hall–Kier alpha value is 1.28. The summed E-state index contributed by atoms with van der Waals surface area (Å²) in [5.41, 5.74) is 0. The van der Waals surface area contributed by atoms with Crippen LogP contribution in [-0.2, 0) is 45.3 Å². The molecule has 0 aliphatic carbocycles. The zero-order valence-corrected chi connectivity index (χ0v) is 10.6. The zero-order chi connectivity index (χ0) is 7.71. The van der Waals surface area contributed by atoms with Gasteiger partial charge in [0.05, 0.1) is 0 Å². The van der Waals surface area contributed by atoms with Crippen molar-refractivity contribution in [1.82, 2.24) is 0 Å². The normalized spacial score (nSPS) is 9.38. The van der Waals surface area contributed by atoms with Gasteiger partial charge in [-0.05, 0) is 0 Å². The summed E-state index contributed by atoms with van der Waals surface area (Å²) in [5, 5.41) is 0. The molecule has 0 radical (unpaired) electrons. The van der Waals surface area contributed by atoms with Crippen molar-refractivity contribution in [2.75, 3.05) is 0 Å². The minimum atomic E-state index is -6.07. The molecule has 0 aliphatic heterocycles. The maximum atomic E-state index is 9.38. The van der Waals surface area contributed by atoms with Crippen molar-refractivity contribution in [3.63, 3.8) is 0 Å². The molecule has 0 aromatic carbocycles. The van der Waals surface area contributed by atoms with Gasteiger partial charge in [0.2, 0.25) is 0 Å². The Morgan fingerprint density at radius 2 is 0.923 bits per heavy atom. The van der Waals surface area contributed by atoms with E-state index < -0.39 is 27.2 Å². The van der Waals surface area contributed by atoms with Crippen LogP contribution in [0.15, 0.2) is 0 Å². The van der Waals surface area contributed by atoms with Crippen LogP contribution in [0.2, 0.25) is 0 Å². The van der Waals surface area contributed by atoms with Gasteiger partial charge in [0.25, 0.3) is 0 Å². The van der Waals surface area contributed by atoms with Crippen LogP contribution >= 0.6 is 0 Å². The van der Waals surface area contributed by atoms with Crippen LogP contribution in [-0.4, -0.2) is 54.2 Å². The van der Waals surface area contributed by atoms with E-state index in [9.17, 15) is 23.5 Å². The number of hydrogen-bond donors (Lipinski definition) is 0. The average molecular weight is 310 g/mol. The molecule has 0 heterocycles. The first-order valence-electron chi connectivity index (χ1n) is 1.33. The Labute approximate surface area is 107 Å². The monoisotopic (exact) mass is 310 g/mol. The van der Waals surface area contributed by atoms with Crippen molar-refractivity contribution in [2.24, 2.45) is 0 Å². The van der Waals surface area contributed by atoms with Gasteiger partial charge in [-0.25, -0.2) is 0 Å². The molecular formula is H6CaCr2O10.